The van der Waals surface area contributed by atoms with Crippen molar-refractivity contribution < 1.29 is 14.5 Å². The number of hydrogen-bond acceptors (Lipinski definition) is 6. The van der Waals surface area contributed by atoms with Crippen LogP contribution in [0.3, 0.4) is 0 Å². The highest BCUT2D eigenvalue weighted by Gasteiger charge is 2.10. The number of non-ortho nitro benzene ring substituents is 1. The van der Waals surface area contributed by atoms with Gasteiger partial charge in [0.2, 0.25) is 0 Å². The van der Waals surface area contributed by atoms with Crippen LogP contribution in [0.15, 0.2) is 24.4 Å². The van der Waals surface area contributed by atoms with Gasteiger partial charge in [0.1, 0.15) is 6.61 Å². The standard InChI is InChI=1S/C12H13N3O4S/c1-9(16)19-4-5-20-8-14-12-6-11(15(17)18)3-2-10(12)7-13-14/h2-3,6-7H,4-5,8H2,1H3. The largest absolute Gasteiger partial charge is 0.465 e. The van der Waals surface area contributed by atoms with Crippen molar-refractivity contribution in [2.75, 3.05) is 12.4 Å². The van der Waals surface area contributed by atoms with E-state index in [1.807, 2.05) is 0 Å². The van der Waals surface area contributed by atoms with Crippen LogP contribution < -0.4 is 0 Å². The van der Waals surface area contributed by atoms with Crippen molar-refractivity contribution in [2.24, 2.45) is 0 Å². The minimum absolute atomic E-state index is 0.0455. The van der Waals surface area contributed by atoms with Crippen molar-refractivity contribution >= 4 is 34.3 Å². The van der Waals surface area contributed by atoms with Crippen molar-refractivity contribution in [1.82, 2.24) is 9.78 Å². The van der Waals surface area contributed by atoms with E-state index in [0.717, 1.165) is 10.9 Å². The third-order valence-corrected chi connectivity index (χ3v) is 3.47. The Labute approximate surface area is 119 Å². The maximum atomic E-state index is 10.8. The SMILES string of the molecule is CC(=O)OCCSCn1ncc2ccc([N+](=O)[O-])cc21. The van der Waals surface area contributed by atoms with Gasteiger partial charge in [-0.25, -0.2) is 0 Å². The highest BCUT2D eigenvalue weighted by molar-refractivity contribution is 7.98. The van der Waals surface area contributed by atoms with Gasteiger partial charge in [0.15, 0.2) is 0 Å². The summed E-state index contributed by atoms with van der Waals surface area (Å²) in [6.07, 6.45) is 1.67. The van der Waals surface area contributed by atoms with E-state index in [1.165, 1.54) is 30.8 Å². The first kappa shape index (κ1) is 14.3. The zero-order valence-electron chi connectivity index (χ0n) is 10.8. The zero-order valence-corrected chi connectivity index (χ0v) is 11.6. The number of ether oxygens (including phenoxy) is 1. The maximum Gasteiger partial charge on any atom is 0.302 e. The van der Waals surface area contributed by atoms with E-state index in [0.29, 0.717) is 18.2 Å². The number of carbonyl (C=O) groups excluding carboxylic acids is 1. The molecule has 1 heterocycles. The molecule has 7 nitrogen and oxygen atoms in total. The first-order valence-corrected chi connectivity index (χ1v) is 7.04. The molecule has 1 aromatic carbocycles. The summed E-state index contributed by atoms with van der Waals surface area (Å²) in [5.74, 6) is 0.896. The number of hydrogen-bond donors (Lipinski definition) is 0. The summed E-state index contributed by atoms with van der Waals surface area (Å²) in [5, 5.41) is 15.8. The predicted octanol–water partition coefficient (Wildman–Crippen LogP) is 2.20. The van der Waals surface area contributed by atoms with Crippen molar-refractivity contribution in [3.8, 4) is 0 Å². The van der Waals surface area contributed by atoms with Gasteiger partial charge in [-0.3, -0.25) is 19.6 Å². The third kappa shape index (κ3) is 3.47. The summed E-state index contributed by atoms with van der Waals surface area (Å²) in [6.45, 7) is 1.71. The van der Waals surface area contributed by atoms with Crippen LogP contribution in [0.2, 0.25) is 0 Å². The normalized spacial score (nSPS) is 10.7. The van der Waals surface area contributed by atoms with Crippen molar-refractivity contribution in [3.05, 3.63) is 34.5 Å². The Morgan fingerprint density at radius 1 is 1.55 bits per heavy atom. The molecule has 0 unspecified atom stereocenters. The number of nitro groups is 1. The molecule has 1 aromatic heterocycles. The Balaban J connectivity index is 2.01. The quantitative estimate of drug-likeness (QED) is 0.351. The summed E-state index contributed by atoms with van der Waals surface area (Å²) < 4.78 is 6.52. The lowest BCUT2D eigenvalue weighted by Gasteiger charge is -2.04. The number of rotatable bonds is 6. The van der Waals surface area contributed by atoms with Gasteiger partial charge >= 0.3 is 5.97 Å². The number of benzene rings is 1. The second-order valence-corrected chi connectivity index (χ2v) is 5.10. The van der Waals surface area contributed by atoms with Gasteiger partial charge in [-0.2, -0.15) is 5.10 Å². The second-order valence-electron chi connectivity index (χ2n) is 4.02. The number of nitro benzene ring substituents is 1. The van der Waals surface area contributed by atoms with Crippen LogP contribution in [0.25, 0.3) is 10.9 Å². The van der Waals surface area contributed by atoms with Crippen molar-refractivity contribution in [2.45, 2.75) is 12.8 Å². The average Bonchev–Trinajstić information content (AvgIpc) is 2.80. The molecule has 0 aliphatic heterocycles. The van der Waals surface area contributed by atoms with Crippen LogP contribution in [0.4, 0.5) is 5.69 Å². The van der Waals surface area contributed by atoms with Crippen LogP contribution in [-0.2, 0) is 15.4 Å². The molecule has 2 rings (SSSR count). The number of nitrogens with zero attached hydrogens (tertiary/aromatic N) is 3. The molecule has 0 radical (unpaired) electrons. The molecule has 0 fully saturated rings. The number of esters is 1. The Morgan fingerprint density at radius 2 is 2.35 bits per heavy atom. The molecule has 0 aliphatic rings. The molecule has 0 saturated carbocycles. The molecule has 0 saturated heterocycles. The molecule has 0 atom stereocenters. The van der Waals surface area contributed by atoms with E-state index in [4.69, 9.17) is 4.74 Å². The topological polar surface area (TPSA) is 87.3 Å². The predicted molar refractivity (Wildman–Crippen MR) is 75.5 cm³/mol. The van der Waals surface area contributed by atoms with E-state index in [2.05, 4.69) is 5.10 Å². The molecule has 106 valence electrons. The highest BCUT2D eigenvalue weighted by Crippen LogP contribution is 2.21. The number of thioether (sulfide) groups is 1. The summed E-state index contributed by atoms with van der Waals surface area (Å²) in [6, 6.07) is 4.65. The smallest absolute Gasteiger partial charge is 0.302 e. The number of fused-ring (bicyclic) bond motifs is 1. The molecule has 0 N–H and O–H groups in total. The fraction of sp³-hybridized carbons (Fsp3) is 0.333. The first-order chi connectivity index (χ1) is 9.58. The Bertz CT molecular complexity index is 641. The Morgan fingerprint density at radius 3 is 3.05 bits per heavy atom. The molecule has 8 heteroatoms. The fourth-order valence-corrected chi connectivity index (χ4v) is 2.38. The van der Waals surface area contributed by atoms with E-state index in [-0.39, 0.29) is 11.7 Å². The van der Waals surface area contributed by atoms with Gasteiger partial charge in [0.05, 0.1) is 22.5 Å². The lowest BCUT2D eigenvalue weighted by atomic mass is 10.2. The summed E-state index contributed by atoms with van der Waals surface area (Å²) in [4.78, 5) is 20.9. The molecule has 0 aliphatic carbocycles. The van der Waals surface area contributed by atoms with Gasteiger partial charge in [0.25, 0.3) is 5.69 Å². The van der Waals surface area contributed by atoms with Gasteiger partial charge in [-0.05, 0) is 6.07 Å². The van der Waals surface area contributed by atoms with Gasteiger partial charge < -0.3 is 4.74 Å². The molecule has 20 heavy (non-hydrogen) atoms. The number of carbonyl (C=O) groups is 1. The van der Waals surface area contributed by atoms with E-state index in [1.54, 1.807) is 16.9 Å². The van der Waals surface area contributed by atoms with E-state index >= 15 is 0 Å². The van der Waals surface area contributed by atoms with Crippen LogP contribution in [0.5, 0.6) is 0 Å². The Kier molecular flexibility index (Phi) is 4.57. The molecule has 2 aromatic rings. The van der Waals surface area contributed by atoms with E-state index < -0.39 is 4.92 Å². The molecule has 0 amide bonds. The minimum atomic E-state index is -0.426. The lowest BCUT2D eigenvalue weighted by Crippen LogP contribution is -2.04. The monoisotopic (exact) mass is 295 g/mol. The summed E-state index contributed by atoms with van der Waals surface area (Å²) in [7, 11) is 0. The molecular formula is C12H13N3O4S. The van der Waals surface area contributed by atoms with Crippen LogP contribution in [0.1, 0.15) is 6.92 Å². The summed E-state index contributed by atoms with van der Waals surface area (Å²) >= 11 is 1.54. The van der Waals surface area contributed by atoms with E-state index in [9.17, 15) is 14.9 Å². The molecule has 0 bridgehead atoms. The molecule has 0 spiro atoms. The lowest BCUT2D eigenvalue weighted by molar-refractivity contribution is -0.384. The van der Waals surface area contributed by atoms with Crippen LogP contribution in [-0.4, -0.2) is 33.0 Å². The Hall–Kier alpha value is -2.09. The van der Waals surface area contributed by atoms with Crippen molar-refractivity contribution in [3.63, 3.8) is 0 Å². The average molecular weight is 295 g/mol. The van der Waals surface area contributed by atoms with Crippen LogP contribution in [0, 0.1) is 10.1 Å². The van der Waals surface area contributed by atoms with Crippen molar-refractivity contribution in [1.29, 1.82) is 0 Å². The fourth-order valence-electron chi connectivity index (χ4n) is 1.67. The van der Waals surface area contributed by atoms with Crippen LogP contribution >= 0.6 is 11.8 Å². The van der Waals surface area contributed by atoms with Gasteiger partial charge in [-0.15, -0.1) is 11.8 Å². The minimum Gasteiger partial charge on any atom is -0.465 e. The maximum absolute atomic E-state index is 10.8. The zero-order chi connectivity index (χ0) is 14.5. The summed E-state index contributed by atoms with van der Waals surface area (Å²) in [5.41, 5.74) is 0.767. The van der Waals surface area contributed by atoms with Gasteiger partial charge in [0, 0.05) is 30.2 Å². The van der Waals surface area contributed by atoms with Gasteiger partial charge in [-0.1, -0.05) is 0 Å². The first-order valence-electron chi connectivity index (χ1n) is 5.89. The molecular weight excluding hydrogens is 282 g/mol. The third-order valence-electron chi connectivity index (χ3n) is 2.59. The number of aromatic nitrogens is 2. The second kappa shape index (κ2) is 6.38. The highest BCUT2D eigenvalue weighted by atomic mass is 32.2.